The summed E-state index contributed by atoms with van der Waals surface area (Å²) in [6.07, 6.45) is 1.18. The van der Waals surface area contributed by atoms with E-state index in [2.05, 4.69) is 15.0 Å². The molecule has 1 aromatic heterocycles. The Kier molecular flexibility index (Phi) is 3.04. The van der Waals surface area contributed by atoms with E-state index < -0.39 is 6.09 Å². The van der Waals surface area contributed by atoms with Gasteiger partial charge in [-0.15, -0.1) is 11.3 Å². The van der Waals surface area contributed by atoms with Crippen molar-refractivity contribution in [3.8, 4) is 0 Å². The van der Waals surface area contributed by atoms with Crippen molar-refractivity contribution in [1.82, 2.24) is 4.98 Å². The molecule has 0 atom stereocenters. The summed E-state index contributed by atoms with van der Waals surface area (Å²) in [5.74, 6) is 0. The van der Waals surface area contributed by atoms with Crippen molar-refractivity contribution in [2.45, 2.75) is 13.8 Å². The zero-order chi connectivity index (χ0) is 8.97. The van der Waals surface area contributed by atoms with Crippen LogP contribution in [0.1, 0.15) is 11.9 Å². The lowest BCUT2D eigenvalue weighted by molar-refractivity contribution is 0.168. The number of thiazole rings is 1. The fraction of sp³-hybridized carbons (Fsp3) is 0.429. The van der Waals surface area contributed by atoms with Gasteiger partial charge in [0.15, 0.2) is 0 Å². The smallest absolute Gasteiger partial charge is 0.412 e. The number of hydrogen-bond acceptors (Lipinski definition) is 4. The number of rotatable bonds is 2. The van der Waals surface area contributed by atoms with Crippen LogP contribution in [0.25, 0.3) is 0 Å². The van der Waals surface area contributed by atoms with Crippen LogP contribution in [0.3, 0.4) is 0 Å². The van der Waals surface area contributed by atoms with Gasteiger partial charge in [0.05, 0.1) is 17.8 Å². The van der Waals surface area contributed by atoms with Gasteiger partial charge in [-0.2, -0.15) is 0 Å². The highest BCUT2D eigenvalue weighted by atomic mass is 32.1. The minimum Gasteiger partial charge on any atom is -0.450 e. The second-order valence-electron chi connectivity index (χ2n) is 2.09. The number of carbonyl (C=O) groups is 1. The molecule has 5 heteroatoms. The first-order chi connectivity index (χ1) is 5.72. The van der Waals surface area contributed by atoms with Crippen LogP contribution in [0, 0.1) is 6.92 Å². The summed E-state index contributed by atoms with van der Waals surface area (Å²) in [5.41, 5.74) is 0. The number of aryl methyl sites for hydroxylation is 1. The molecule has 1 N–H and O–H groups in total. The van der Waals surface area contributed by atoms with Crippen LogP contribution < -0.4 is 5.32 Å². The Morgan fingerprint density at radius 1 is 1.83 bits per heavy atom. The first kappa shape index (κ1) is 8.99. The lowest BCUT2D eigenvalue weighted by Crippen LogP contribution is -2.12. The number of nitrogens with zero attached hydrogens (tertiary/aromatic N) is 1. The number of carbonyl (C=O) groups excluding carboxylic acids is 1. The number of ether oxygens (including phenoxy) is 1. The van der Waals surface area contributed by atoms with Gasteiger partial charge in [-0.1, -0.05) is 0 Å². The molecule has 0 bridgehead atoms. The number of amides is 1. The van der Waals surface area contributed by atoms with Crippen molar-refractivity contribution in [2.24, 2.45) is 0 Å². The molecule has 0 spiro atoms. The first-order valence-electron chi connectivity index (χ1n) is 3.58. The van der Waals surface area contributed by atoms with Crippen molar-refractivity contribution in [2.75, 3.05) is 11.9 Å². The molecule has 0 unspecified atom stereocenters. The first-order valence-corrected chi connectivity index (χ1v) is 4.40. The molecule has 1 heterocycles. The van der Waals surface area contributed by atoms with Crippen molar-refractivity contribution in [3.63, 3.8) is 0 Å². The van der Waals surface area contributed by atoms with Crippen molar-refractivity contribution in [3.05, 3.63) is 11.2 Å². The summed E-state index contributed by atoms with van der Waals surface area (Å²) in [6.45, 7) is 4.02. The van der Waals surface area contributed by atoms with Gasteiger partial charge < -0.3 is 4.74 Å². The van der Waals surface area contributed by atoms with Gasteiger partial charge in [-0.05, 0) is 13.8 Å². The summed E-state index contributed by atoms with van der Waals surface area (Å²) in [6, 6.07) is 0. The summed E-state index contributed by atoms with van der Waals surface area (Å²) in [7, 11) is 0. The quantitative estimate of drug-likeness (QED) is 0.768. The lowest BCUT2D eigenvalue weighted by atomic mass is 10.8. The Morgan fingerprint density at radius 2 is 2.58 bits per heavy atom. The SMILES string of the molecule is CCOC(=O)Nc1cnc(C)s1. The third-order valence-electron chi connectivity index (χ3n) is 1.12. The molecule has 1 rings (SSSR count). The van der Waals surface area contributed by atoms with E-state index in [1.54, 1.807) is 13.1 Å². The van der Waals surface area contributed by atoms with Crippen molar-refractivity contribution >= 4 is 22.4 Å². The van der Waals surface area contributed by atoms with E-state index in [0.29, 0.717) is 11.6 Å². The minimum atomic E-state index is -0.429. The highest BCUT2D eigenvalue weighted by molar-refractivity contribution is 7.15. The molecule has 0 aromatic carbocycles. The Bertz CT molecular complexity index is 272. The largest absolute Gasteiger partial charge is 0.450 e. The summed E-state index contributed by atoms with van der Waals surface area (Å²) in [5, 5.41) is 4.19. The average molecular weight is 186 g/mol. The molecule has 0 fully saturated rings. The number of nitrogens with one attached hydrogen (secondary N) is 1. The molecule has 66 valence electrons. The maximum Gasteiger partial charge on any atom is 0.412 e. The molecule has 12 heavy (non-hydrogen) atoms. The summed E-state index contributed by atoms with van der Waals surface area (Å²) >= 11 is 1.42. The lowest BCUT2D eigenvalue weighted by Gasteiger charge is -2.00. The van der Waals surface area contributed by atoms with E-state index in [1.165, 1.54) is 11.3 Å². The highest BCUT2D eigenvalue weighted by Crippen LogP contribution is 2.17. The molecule has 1 aromatic rings. The summed E-state index contributed by atoms with van der Waals surface area (Å²) < 4.78 is 4.68. The van der Waals surface area contributed by atoms with Crippen LogP contribution in [0.4, 0.5) is 9.80 Å². The Balaban J connectivity index is 2.46. The second kappa shape index (κ2) is 4.06. The summed E-state index contributed by atoms with van der Waals surface area (Å²) in [4.78, 5) is 14.8. The number of anilines is 1. The molecular formula is C7H10N2O2S. The molecule has 0 aliphatic rings. The van der Waals surface area contributed by atoms with Gasteiger partial charge in [0.1, 0.15) is 5.00 Å². The van der Waals surface area contributed by atoms with E-state index in [0.717, 1.165) is 5.01 Å². The highest BCUT2D eigenvalue weighted by Gasteiger charge is 2.03. The van der Waals surface area contributed by atoms with Gasteiger partial charge in [0.2, 0.25) is 0 Å². The second-order valence-corrected chi connectivity index (χ2v) is 3.32. The van der Waals surface area contributed by atoms with E-state index in [-0.39, 0.29) is 0 Å². The van der Waals surface area contributed by atoms with Crippen LogP contribution in [0.2, 0.25) is 0 Å². The molecule has 0 radical (unpaired) electrons. The predicted molar refractivity (Wildman–Crippen MR) is 47.5 cm³/mol. The van der Waals surface area contributed by atoms with Crippen molar-refractivity contribution < 1.29 is 9.53 Å². The molecular weight excluding hydrogens is 176 g/mol. The number of hydrogen-bond donors (Lipinski definition) is 1. The van der Waals surface area contributed by atoms with Crippen LogP contribution in [0.5, 0.6) is 0 Å². The zero-order valence-electron chi connectivity index (χ0n) is 6.96. The van der Waals surface area contributed by atoms with E-state index in [4.69, 9.17) is 0 Å². The topological polar surface area (TPSA) is 51.2 Å². The van der Waals surface area contributed by atoms with Crippen molar-refractivity contribution in [1.29, 1.82) is 0 Å². The Morgan fingerprint density at radius 3 is 3.08 bits per heavy atom. The number of aromatic nitrogens is 1. The molecule has 4 nitrogen and oxygen atoms in total. The fourth-order valence-corrected chi connectivity index (χ4v) is 1.35. The van der Waals surface area contributed by atoms with Gasteiger partial charge in [-0.25, -0.2) is 9.78 Å². The van der Waals surface area contributed by atoms with E-state index in [1.807, 2.05) is 6.92 Å². The van der Waals surface area contributed by atoms with Gasteiger partial charge in [-0.3, -0.25) is 5.32 Å². The van der Waals surface area contributed by atoms with E-state index >= 15 is 0 Å². The average Bonchev–Trinajstić information content (AvgIpc) is 2.36. The van der Waals surface area contributed by atoms with Gasteiger partial charge >= 0.3 is 6.09 Å². The standard InChI is InChI=1S/C7H10N2O2S/c1-3-11-7(10)9-6-4-8-5(2)12-6/h4H,3H2,1-2H3,(H,9,10). The minimum absolute atomic E-state index is 0.379. The maximum absolute atomic E-state index is 10.9. The third kappa shape index (κ3) is 2.50. The van der Waals surface area contributed by atoms with E-state index in [9.17, 15) is 4.79 Å². The zero-order valence-corrected chi connectivity index (χ0v) is 7.77. The molecule has 0 aliphatic carbocycles. The monoisotopic (exact) mass is 186 g/mol. The van der Waals surface area contributed by atoms with Crippen LogP contribution >= 0.6 is 11.3 Å². The molecule has 0 saturated heterocycles. The van der Waals surface area contributed by atoms with Gasteiger partial charge in [0, 0.05) is 0 Å². The van der Waals surface area contributed by atoms with Crippen LogP contribution in [-0.2, 0) is 4.74 Å². The van der Waals surface area contributed by atoms with Gasteiger partial charge in [0.25, 0.3) is 0 Å². The Labute approximate surface area is 74.6 Å². The normalized spacial score (nSPS) is 9.50. The molecule has 1 amide bonds. The predicted octanol–water partition coefficient (Wildman–Crippen LogP) is 2.02. The third-order valence-corrected chi connectivity index (χ3v) is 1.95. The maximum atomic E-state index is 10.9. The van der Waals surface area contributed by atoms with Crippen LogP contribution in [-0.4, -0.2) is 17.7 Å². The van der Waals surface area contributed by atoms with Crippen LogP contribution in [0.15, 0.2) is 6.20 Å². The fourth-order valence-electron chi connectivity index (χ4n) is 0.687. The molecule has 0 saturated carbocycles. The Hall–Kier alpha value is -1.10. The molecule has 0 aliphatic heterocycles.